The third-order valence-corrected chi connectivity index (χ3v) is 2.72. The highest BCUT2D eigenvalue weighted by molar-refractivity contribution is 5.61. The molecule has 0 unspecified atom stereocenters. The van der Waals surface area contributed by atoms with E-state index in [-0.39, 0.29) is 0 Å². The van der Waals surface area contributed by atoms with Gasteiger partial charge in [0.1, 0.15) is 11.6 Å². The standard InChI is InChI=1S/C15H20N4O/c1-15(2,20)10-17-13-9-12(16-3)18-14(19-13)11-7-5-4-6-8-11/h4-9,20H,10H2,1-3H3,(H2,16,17,18,19). The summed E-state index contributed by atoms with van der Waals surface area (Å²) in [7, 11) is 1.82. The van der Waals surface area contributed by atoms with E-state index >= 15 is 0 Å². The molecule has 106 valence electrons. The van der Waals surface area contributed by atoms with Crippen molar-refractivity contribution < 1.29 is 5.11 Å². The van der Waals surface area contributed by atoms with Crippen LogP contribution in [0.1, 0.15) is 13.8 Å². The Kier molecular flexibility index (Phi) is 4.20. The first kappa shape index (κ1) is 14.3. The molecule has 0 fully saturated rings. The lowest BCUT2D eigenvalue weighted by atomic mass is 10.1. The van der Waals surface area contributed by atoms with Crippen molar-refractivity contribution in [1.82, 2.24) is 9.97 Å². The second-order valence-electron chi connectivity index (χ2n) is 5.24. The number of rotatable bonds is 5. The van der Waals surface area contributed by atoms with E-state index in [4.69, 9.17) is 0 Å². The van der Waals surface area contributed by atoms with E-state index in [9.17, 15) is 5.11 Å². The fourth-order valence-electron chi connectivity index (χ4n) is 1.69. The normalized spacial score (nSPS) is 11.2. The van der Waals surface area contributed by atoms with Crippen LogP contribution in [-0.4, -0.2) is 34.3 Å². The predicted octanol–water partition coefficient (Wildman–Crippen LogP) is 2.37. The number of benzene rings is 1. The summed E-state index contributed by atoms with van der Waals surface area (Å²) in [5.74, 6) is 2.07. The zero-order chi connectivity index (χ0) is 14.6. The van der Waals surface area contributed by atoms with Crippen LogP contribution in [0.15, 0.2) is 36.4 Å². The van der Waals surface area contributed by atoms with E-state index in [1.807, 2.05) is 43.4 Å². The summed E-state index contributed by atoms with van der Waals surface area (Å²) >= 11 is 0. The Morgan fingerprint density at radius 2 is 1.75 bits per heavy atom. The number of anilines is 2. The minimum atomic E-state index is -0.794. The minimum Gasteiger partial charge on any atom is -0.389 e. The highest BCUT2D eigenvalue weighted by Crippen LogP contribution is 2.20. The third kappa shape index (κ3) is 3.93. The molecule has 2 rings (SSSR count). The molecule has 0 aliphatic carbocycles. The van der Waals surface area contributed by atoms with Crippen LogP contribution in [0.25, 0.3) is 11.4 Å². The van der Waals surface area contributed by atoms with Gasteiger partial charge in [0, 0.05) is 25.2 Å². The van der Waals surface area contributed by atoms with E-state index in [1.165, 1.54) is 0 Å². The molecule has 0 atom stereocenters. The maximum absolute atomic E-state index is 9.77. The van der Waals surface area contributed by atoms with E-state index in [0.717, 1.165) is 11.4 Å². The Bertz CT molecular complexity index is 564. The van der Waals surface area contributed by atoms with Crippen molar-refractivity contribution in [3.63, 3.8) is 0 Å². The summed E-state index contributed by atoms with van der Waals surface area (Å²) in [4.78, 5) is 8.92. The van der Waals surface area contributed by atoms with Gasteiger partial charge in [-0.1, -0.05) is 30.3 Å². The monoisotopic (exact) mass is 272 g/mol. The van der Waals surface area contributed by atoms with Crippen LogP contribution in [0.2, 0.25) is 0 Å². The molecule has 0 spiro atoms. The number of aliphatic hydroxyl groups is 1. The van der Waals surface area contributed by atoms with Gasteiger partial charge in [-0.05, 0) is 13.8 Å². The SMILES string of the molecule is CNc1cc(NCC(C)(C)O)nc(-c2ccccc2)n1. The Morgan fingerprint density at radius 1 is 1.10 bits per heavy atom. The largest absolute Gasteiger partial charge is 0.389 e. The molecule has 5 heteroatoms. The number of hydrogen-bond donors (Lipinski definition) is 3. The van der Waals surface area contributed by atoms with Crippen LogP contribution in [0.3, 0.4) is 0 Å². The molecule has 0 radical (unpaired) electrons. The summed E-state index contributed by atoms with van der Waals surface area (Å²) < 4.78 is 0. The number of hydrogen-bond acceptors (Lipinski definition) is 5. The van der Waals surface area contributed by atoms with Crippen LogP contribution in [0.4, 0.5) is 11.6 Å². The van der Waals surface area contributed by atoms with Gasteiger partial charge in [0.2, 0.25) is 0 Å². The first-order valence-electron chi connectivity index (χ1n) is 6.56. The Balaban J connectivity index is 2.30. The zero-order valence-corrected chi connectivity index (χ0v) is 12.0. The quantitative estimate of drug-likeness (QED) is 0.779. The van der Waals surface area contributed by atoms with Crippen molar-refractivity contribution in [3.8, 4) is 11.4 Å². The molecule has 20 heavy (non-hydrogen) atoms. The maximum atomic E-state index is 9.77. The van der Waals surface area contributed by atoms with Gasteiger partial charge >= 0.3 is 0 Å². The second-order valence-corrected chi connectivity index (χ2v) is 5.24. The van der Waals surface area contributed by atoms with Gasteiger partial charge in [0.15, 0.2) is 5.82 Å². The van der Waals surface area contributed by atoms with Crippen LogP contribution in [0, 0.1) is 0 Å². The van der Waals surface area contributed by atoms with Crippen LogP contribution in [0.5, 0.6) is 0 Å². The average molecular weight is 272 g/mol. The molecular weight excluding hydrogens is 252 g/mol. The molecular formula is C15H20N4O. The molecule has 1 heterocycles. The number of aromatic nitrogens is 2. The fraction of sp³-hybridized carbons (Fsp3) is 0.333. The predicted molar refractivity (Wildman–Crippen MR) is 81.8 cm³/mol. The van der Waals surface area contributed by atoms with Crippen molar-refractivity contribution in [3.05, 3.63) is 36.4 Å². The summed E-state index contributed by atoms with van der Waals surface area (Å²) in [6.07, 6.45) is 0. The molecule has 0 amide bonds. The molecule has 2 aromatic rings. The number of nitrogens with zero attached hydrogens (tertiary/aromatic N) is 2. The van der Waals surface area contributed by atoms with Crippen molar-refractivity contribution in [2.45, 2.75) is 19.4 Å². The van der Waals surface area contributed by atoms with Crippen molar-refractivity contribution in [1.29, 1.82) is 0 Å². The van der Waals surface area contributed by atoms with Gasteiger partial charge in [-0.3, -0.25) is 0 Å². The molecule has 0 bridgehead atoms. The van der Waals surface area contributed by atoms with Crippen LogP contribution in [-0.2, 0) is 0 Å². The lowest BCUT2D eigenvalue weighted by Gasteiger charge is -2.18. The minimum absolute atomic E-state index is 0.418. The summed E-state index contributed by atoms with van der Waals surface area (Å²) in [6.45, 7) is 3.91. The van der Waals surface area contributed by atoms with Gasteiger partial charge in [0.05, 0.1) is 5.60 Å². The summed E-state index contributed by atoms with van der Waals surface area (Å²) in [5.41, 5.74) is 0.161. The maximum Gasteiger partial charge on any atom is 0.163 e. The van der Waals surface area contributed by atoms with Gasteiger partial charge in [0.25, 0.3) is 0 Å². The molecule has 0 aliphatic rings. The highest BCUT2D eigenvalue weighted by atomic mass is 16.3. The van der Waals surface area contributed by atoms with Crippen molar-refractivity contribution >= 4 is 11.6 Å². The lowest BCUT2D eigenvalue weighted by molar-refractivity contribution is 0.0944. The van der Waals surface area contributed by atoms with E-state index in [2.05, 4.69) is 20.6 Å². The molecule has 0 saturated carbocycles. The van der Waals surface area contributed by atoms with Gasteiger partial charge in [-0.2, -0.15) is 0 Å². The van der Waals surface area contributed by atoms with Crippen molar-refractivity contribution in [2.24, 2.45) is 0 Å². The van der Waals surface area contributed by atoms with E-state index in [0.29, 0.717) is 18.2 Å². The smallest absolute Gasteiger partial charge is 0.163 e. The molecule has 0 saturated heterocycles. The lowest BCUT2D eigenvalue weighted by Crippen LogP contribution is -2.29. The Morgan fingerprint density at radius 3 is 2.35 bits per heavy atom. The average Bonchev–Trinajstić information content (AvgIpc) is 2.45. The van der Waals surface area contributed by atoms with Crippen LogP contribution < -0.4 is 10.6 Å². The second kappa shape index (κ2) is 5.88. The van der Waals surface area contributed by atoms with Gasteiger partial charge < -0.3 is 15.7 Å². The molecule has 0 aliphatic heterocycles. The molecule has 5 nitrogen and oxygen atoms in total. The molecule has 3 N–H and O–H groups in total. The first-order valence-corrected chi connectivity index (χ1v) is 6.56. The number of nitrogens with one attached hydrogen (secondary N) is 2. The Hall–Kier alpha value is -2.14. The topological polar surface area (TPSA) is 70.1 Å². The van der Waals surface area contributed by atoms with Gasteiger partial charge in [-0.25, -0.2) is 9.97 Å². The van der Waals surface area contributed by atoms with Crippen molar-refractivity contribution in [2.75, 3.05) is 24.2 Å². The molecule has 1 aromatic carbocycles. The fourth-order valence-corrected chi connectivity index (χ4v) is 1.69. The Labute approximate surface area is 119 Å². The first-order chi connectivity index (χ1) is 9.48. The summed E-state index contributed by atoms with van der Waals surface area (Å²) in [6, 6.07) is 11.6. The third-order valence-electron chi connectivity index (χ3n) is 2.72. The van der Waals surface area contributed by atoms with Gasteiger partial charge in [-0.15, -0.1) is 0 Å². The molecule has 1 aromatic heterocycles. The van der Waals surface area contributed by atoms with Crippen LogP contribution >= 0.6 is 0 Å². The van der Waals surface area contributed by atoms with E-state index in [1.54, 1.807) is 13.8 Å². The summed E-state index contributed by atoms with van der Waals surface area (Å²) in [5, 5.41) is 15.9. The highest BCUT2D eigenvalue weighted by Gasteiger charge is 2.13. The van der Waals surface area contributed by atoms with E-state index < -0.39 is 5.60 Å². The zero-order valence-electron chi connectivity index (χ0n) is 12.0.